The number of ether oxygens (including phenoxy) is 1. The van der Waals surface area contributed by atoms with Crippen molar-refractivity contribution in [1.82, 2.24) is 0 Å². The van der Waals surface area contributed by atoms with Crippen molar-refractivity contribution in [2.75, 3.05) is 25.1 Å². The average Bonchev–Trinajstić information content (AvgIpc) is 2.30. The standard InChI is InChI=1S/C11H13BrN2O3/c1-2-6-17-7-5-13-10-4-3-9(12)8-11(10)14(15)16/h2-4,8,13H,1,5-7H2. The third-order valence-electron chi connectivity index (χ3n) is 1.95. The third-order valence-corrected chi connectivity index (χ3v) is 2.45. The summed E-state index contributed by atoms with van der Waals surface area (Å²) in [6.07, 6.45) is 1.65. The molecule has 0 spiro atoms. The lowest BCUT2D eigenvalue weighted by Crippen LogP contribution is -2.10. The first-order valence-corrected chi connectivity index (χ1v) is 5.81. The van der Waals surface area contributed by atoms with Crippen molar-refractivity contribution in [3.05, 3.63) is 45.4 Å². The van der Waals surface area contributed by atoms with Crippen molar-refractivity contribution in [2.24, 2.45) is 0 Å². The van der Waals surface area contributed by atoms with Crippen LogP contribution in [0.1, 0.15) is 0 Å². The van der Waals surface area contributed by atoms with Gasteiger partial charge in [-0.05, 0) is 12.1 Å². The van der Waals surface area contributed by atoms with Gasteiger partial charge in [0.15, 0.2) is 0 Å². The molecular weight excluding hydrogens is 288 g/mol. The number of halogens is 1. The maximum atomic E-state index is 10.8. The SMILES string of the molecule is C=CCOCCNc1ccc(Br)cc1[N+](=O)[O-]. The van der Waals surface area contributed by atoms with Crippen molar-refractivity contribution in [2.45, 2.75) is 0 Å². The van der Waals surface area contributed by atoms with Crippen LogP contribution in [0.5, 0.6) is 0 Å². The van der Waals surface area contributed by atoms with Gasteiger partial charge < -0.3 is 10.1 Å². The van der Waals surface area contributed by atoms with Crippen molar-refractivity contribution in [1.29, 1.82) is 0 Å². The van der Waals surface area contributed by atoms with Gasteiger partial charge in [-0.2, -0.15) is 0 Å². The first-order valence-electron chi connectivity index (χ1n) is 5.01. The molecule has 0 fully saturated rings. The summed E-state index contributed by atoms with van der Waals surface area (Å²) in [5.41, 5.74) is 0.531. The molecule has 92 valence electrons. The number of nitrogens with zero attached hydrogens (tertiary/aromatic N) is 1. The Balaban J connectivity index is 2.58. The van der Waals surface area contributed by atoms with Gasteiger partial charge in [0.25, 0.3) is 5.69 Å². The summed E-state index contributed by atoms with van der Waals surface area (Å²) >= 11 is 3.20. The van der Waals surface area contributed by atoms with Crippen LogP contribution >= 0.6 is 15.9 Å². The number of anilines is 1. The van der Waals surface area contributed by atoms with Crippen LogP contribution in [-0.2, 0) is 4.74 Å². The van der Waals surface area contributed by atoms with E-state index in [1.54, 1.807) is 18.2 Å². The molecule has 0 radical (unpaired) electrons. The van der Waals surface area contributed by atoms with Gasteiger partial charge in [0.1, 0.15) is 5.69 Å². The first-order chi connectivity index (χ1) is 8.15. The lowest BCUT2D eigenvalue weighted by atomic mass is 10.2. The van der Waals surface area contributed by atoms with Crippen LogP contribution in [0.3, 0.4) is 0 Å². The predicted molar refractivity (Wildman–Crippen MR) is 70.3 cm³/mol. The highest BCUT2D eigenvalue weighted by molar-refractivity contribution is 9.10. The fourth-order valence-corrected chi connectivity index (χ4v) is 1.58. The van der Waals surface area contributed by atoms with E-state index >= 15 is 0 Å². The quantitative estimate of drug-likeness (QED) is 0.364. The summed E-state index contributed by atoms with van der Waals surface area (Å²) in [7, 11) is 0. The van der Waals surface area contributed by atoms with Crippen LogP contribution in [0.25, 0.3) is 0 Å². The second kappa shape index (κ2) is 7.03. The van der Waals surface area contributed by atoms with Crippen molar-refractivity contribution < 1.29 is 9.66 Å². The summed E-state index contributed by atoms with van der Waals surface area (Å²) in [6, 6.07) is 4.88. The largest absolute Gasteiger partial charge is 0.377 e. The molecule has 0 aromatic heterocycles. The van der Waals surface area contributed by atoms with E-state index in [-0.39, 0.29) is 5.69 Å². The number of nitrogens with one attached hydrogen (secondary N) is 1. The molecule has 0 heterocycles. The minimum Gasteiger partial charge on any atom is -0.377 e. The van der Waals surface area contributed by atoms with Crippen LogP contribution in [0.4, 0.5) is 11.4 Å². The van der Waals surface area contributed by atoms with Crippen molar-refractivity contribution >= 4 is 27.3 Å². The van der Waals surface area contributed by atoms with Gasteiger partial charge in [-0.25, -0.2) is 0 Å². The van der Waals surface area contributed by atoms with Crippen LogP contribution in [0.2, 0.25) is 0 Å². The number of nitro benzene ring substituents is 1. The molecule has 1 aromatic rings. The number of benzene rings is 1. The number of nitro groups is 1. The fourth-order valence-electron chi connectivity index (χ4n) is 1.23. The zero-order chi connectivity index (χ0) is 12.7. The van der Waals surface area contributed by atoms with Crippen LogP contribution in [0.15, 0.2) is 35.3 Å². The Morgan fingerprint density at radius 3 is 3.00 bits per heavy atom. The van der Waals surface area contributed by atoms with Gasteiger partial charge in [-0.1, -0.05) is 22.0 Å². The highest BCUT2D eigenvalue weighted by Crippen LogP contribution is 2.27. The molecule has 0 saturated carbocycles. The highest BCUT2D eigenvalue weighted by atomic mass is 79.9. The second-order valence-corrected chi connectivity index (χ2v) is 4.12. The maximum Gasteiger partial charge on any atom is 0.293 e. The number of hydrogen-bond acceptors (Lipinski definition) is 4. The normalized spacial score (nSPS) is 9.94. The van der Waals surface area contributed by atoms with E-state index in [4.69, 9.17) is 4.74 Å². The van der Waals surface area contributed by atoms with Crippen LogP contribution in [-0.4, -0.2) is 24.7 Å². The molecule has 0 unspecified atom stereocenters. The minimum atomic E-state index is -0.419. The van der Waals surface area contributed by atoms with Gasteiger partial charge in [0.2, 0.25) is 0 Å². The van der Waals surface area contributed by atoms with Gasteiger partial charge >= 0.3 is 0 Å². The predicted octanol–water partition coefficient (Wildman–Crippen LogP) is 2.97. The molecule has 5 nitrogen and oxygen atoms in total. The van der Waals surface area contributed by atoms with Crippen LogP contribution in [0, 0.1) is 10.1 Å². The van der Waals surface area contributed by atoms with E-state index in [1.807, 2.05) is 0 Å². The Bertz CT molecular complexity index is 410. The van der Waals surface area contributed by atoms with E-state index in [2.05, 4.69) is 27.8 Å². The molecule has 1 aromatic carbocycles. The topological polar surface area (TPSA) is 64.4 Å². The molecule has 17 heavy (non-hydrogen) atoms. The molecule has 0 aliphatic carbocycles. The molecule has 0 aliphatic heterocycles. The van der Waals surface area contributed by atoms with E-state index in [1.165, 1.54) is 6.07 Å². The molecule has 0 bridgehead atoms. The fraction of sp³-hybridized carbons (Fsp3) is 0.273. The Morgan fingerprint density at radius 2 is 2.35 bits per heavy atom. The zero-order valence-electron chi connectivity index (χ0n) is 9.19. The Labute approximate surface area is 108 Å². The lowest BCUT2D eigenvalue weighted by molar-refractivity contribution is -0.384. The second-order valence-electron chi connectivity index (χ2n) is 3.21. The summed E-state index contributed by atoms with van der Waals surface area (Å²) in [4.78, 5) is 10.4. The summed E-state index contributed by atoms with van der Waals surface area (Å²) in [5.74, 6) is 0. The molecule has 6 heteroatoms. The summed E-state index contributed by atoms with van der Waals surface area (Å²) in [6.45, 7) is 4.98. The molecule has 0 aliphatic rings. The monoisotopic (exact) mass is 300 g/mol. The summed E-state index contributed by atoms with van der Waals surface area (Å²) < 4.78 is 5.85. The van der Waals surface area contributed by atoms with Crippen LogP contribution < -0.4 is 5.32 Å². The highest BCUT2D eigenvalue weighted by Gasteiger charge is 2.13. The lowest BCUT2D eigenvalue weighted by Gasteiger charge is -2.07. The Morgan fingerprint density at radius 1 is 1.59 bits per heavy atom. The molecule has 0 amide bonds. The van der Waals surface area contributed by atoms with E-state index in [0.717, 1.165) is 0 Å². The van der Waals surface area contributed by atoms with Gasteiger partial charge in [-0.3, -0.25) is 10.1 Å². The zero-order valence-corrected chi connectivity index (χ0v) is 10.8. The molecule has 1 N–H and O–H groups in total. The van der Waals surface area contributed by atoms with E-state index in [0.29, 0.717) is 29.9 Å². The summed E-state index contributed by atoms with van der Waals surface area (Å²) in [5, 5.41) is 13.8. The third kappa shape index (κ3) is 4.54. The average molecular weight is 301 g/mol. The molecule has 1 rings (SSSR count). The minimum absolute atomic E-state index is 0.0445. The Hall–Kier alpha value is -1.40. The van der Waals surface area contributed by atoms with Gasteiger partial charge in [0, 0.05) is 17.1 Å². The van der Waals surface area contributed by atoms with E-state index in [9.17, 15) is 10.1 Å². The number of hydrogen-bond donors (Lipinski definition) is 1. The number of rotatable bonds is 7. The molecule has 0 atom stereocenters. The van der Waals surface area contributed by atoms with Crippen molar-refractivity contribution in [3.8, 4) is 0 Å². The first kappa shape index (κ1) is 13.7. The smallest absolute Gasteiger partial charge is 0.293 e. The molecule has 0 saturated heterocycles. The van der Waals surface area contributed by atoms with Gasteiger partial charge in [0.05, 0.1) is 18.1 Å². The van der Waals surface area contributed by atoms with E-state index < -0.39 is 4.92 Å². The van der Waals surface area contributed by atoms with Gasteiger partial charge in [-0.15, -0.1) is 6.58 Å². The van der Waals surface area contributed by atoms with Crippen molar-refractivity contribution in [3.63, 3.8) is 0 Å². The maximum absolute atomic E-state index is 10.8. The Kier molecular flexibility index (Phi) is 5.65. The molecular formula is C11H13BrN2O3.